The van der Waals surface area contributed by atoms with Gasteiger partial charge in [-0.1, -0.05) is 18.2 Å². The Morgan fingerprint density at radius 3 is 2.87 bits per heavy atom. The van der Waals surface area contributed by atoms with Crippen LogP contribution >= 0.6 is 12.2 Å². The highest BCUT2D eigenvalue weighted by Gasteiger charge is 2.28. The summed E-state index contributed by atoms with van der Waals surface area (Å²) in [5, 5.41) is 4.09. The SMILES string of the molecule is CC(C)(C)OC(=O)N1CCCc2cccc(C=NNC(N)=S)c21. The fourth-order valence-electron chi connectivity index (χ4n) is 2.45. The molecule has 1 aliphatic heterocycles. The highest BCUT2D eigenvalue weighted by atomic mass is 32.1. The van der Waals surface area contributed by atoms with E-state index in [1.165, 1.54) is 0 Å². The first-order valence-corrected chi connectivity index (χ1v) is 7.89. The summed E-state index contributed by atoms with van der Waals surface area (Å²) < 4.78 is 5.52. The Bertz CT molecular complexity index is 637. The first-order chi connectivity index (χ1) is 10.8. The van der Waals surface area contributed by atoms with Crippen LogP contribution in [0.2, 0.25) is 0 Å². The first kappa shape index (κ1) is 17.2. The molecule has 1 aromatic carbocycles. The number of hydrazone groups is 1. The number of carbonyl (C=O) groups excluding carboxylic acids is 1. The second-order valence-electron chi connectivity index (χ2n) is 6.32. The molecule has 6 nitrogen and oxygen atoms in total. The van der Waals surface area contributed by atoms with Crippen LogP contribution in [0.15, 0.2) is 23.3 Å². The van der Waals surface area contributed by atoms with Crippen LogP contribution in [-0.4, -0.2) is 29.6 Å². The largest absolute Gasteiger partial charge is 0.443 e. The number of ether oxygens (including phenoxy) is 1. The van der Waals surface area contributed by atoms with E-state index < -0.39 is 5.60 Å². The minimum Gasteiger partial charge on any atom is -0.443 e. The van der Waals surface area contributed by atoms with Gasteiger partial charge in [0.05, 0.1) is 11.9 Å². The molecule has 0 bridgehead atoms. The number of fused-ring (bicyclic) bond motifs is 1. The Morgan fingerprint density at radius 1 is 1.48 bits per heavy atom. The third-order valence-electron chi connectivity index (χ3n) is 3.24. The average Bonchev–Trinajstić information content (AvgIpc) is 2.44. The summed E-state index contributed by atoms with van der Waals surface area (Å²) in [6.45, 7) is 6.19. The second kappa shape index (κ2) is 6.95. The summed E-state index contributed by atoms with van der Waals surface area (Å²) in [5.74, 6) is 0. The van der Waals surface area contributed by atoms with Crippen LogP contribution in [0, 0.1) is 0 Å². The smallest absolute Gasteiger partial charge is 0.414 e. The summed E-state index contributed by atoms with van der Waals surface area (Å²) in [7, 11) is 0. The molecule has 1 aromatic rings. The van der Waals surface area contributed by atoms with E-state index in [4.69, 9.17) is 22.7 Å². The quantitative estimate of drug-likeness (QED) is 0.493. The lowest BCUT2D eigenvalue weighted by atomic mass is 9.98. The Labute approximate surface area is 141 Å². The molecule has 0 saturated carbocycles. The van der Waals surface area contributed by atoms with E-state index in [9.17, 15) is 4.79 Å². The average molecular weight is 334 g/mol. The number of nitrogens with two attached hydrogens (primary N) is 1. The number of carbonyl (C=O) groups is 1. The predicted molar refractivity (Wildman–Crippen MR) is 95.9 cm³/mol. The molecule has 0 spiro atoms. The van der Waals surface area contributed by atoms with E-state index in [1.807, 2.05) is 39.0 Å². The standard InChI is InChI=1S/C16H22N4O2S/c1-16(2,3)22-15(21)20-9-5-8-11-6-4-7-12(13(11)20)10-18-19-14(17)23/h4,6-7,10H,5,8-9H2,1-3H3,(H3,17,19,23). The van der Waals surface area contributed by atoms with Gasteiger partial charge in [0.1, 0.15) is 5.60 Å². The predicted octanol–water partition coefficient (Wildman–Crippen LogP) is 2.54. The van der Waals surface area contributed by atoms with Crippen LogP contribution in [-0.2, 0) is 11.2 Å². The molecule has 0 fully saturated rings. The summed E-state index contributed by atoms with van der Waals surface area (Å²) in [6, 6.07) is 5.86. The van der Waals surface area contributed by atoms with Gasteiger partial charge in [-0.2, -0.15) is 5.10 Å². The maximum atomic E-state index is 12.5. The normalized spacial score (nSPS) is 14.5. The number of thiocarbonyl (C=S) groups is 1. The van der Waals surface area contributed by atoms with Gasteiger partial charge in [0.25, 0.3) is 0 Å². The van der Waals surface area contributed by atoms with Gasteiger partial charge >= 0.3 is 6.09 Å². The van der Waals surface area contributed by atoms with Crippen molar-refractivity contribution >= 4 is 35.3 Å². The summed E-state index contributed by atoms with van der Waals surface area (Å²) in [5.41, 5.74) is 10.1. The minimum atomic E-state index is -0.537. The number of aryl methyl sites for hydroxylation is 1. The molecule has 2 rings (SSSR count). The van der Waals surface area contributed by atoms with Gasteiger partial charge in [0.15, 0.2) is 5.11 Å². The lowest BCUT2D eigenvalue weighted by Gasteiger charge is -2.32. The van der Waals surface area contributed by atoms with Crippen LogP contribution in [0.5, 0.6) is 0 Å². The van der Waals surface area contributed by atoms with Gasteiger partial charge in [-0.3, -0.25) is 10.3 Å². The molecule has 1 aliphatic rings. The first-order valence-electron chi connectivity index (χ1n) is 7.49. The van der Waals surface area contributed by atoms with Gasteiger partial charge in [0, 0.05) is 12.1 Å². The van der Waals surface area contributed by atoms with Gasteiger partial charge in [0.2, 0.25) is 0 Å². The third-order valence-corrected chi connectivity index (χ3v) is 3.33. The Morgan fingerprint density at radius 2 is 2.22 bits per heavy atom. The van der Waals surface area contributed by atoms with Crippen molar-refractivity contribution in [2.75, 3.05) is 11.4 Å². The van der Waals surface area contributed by atoms with Crippen molar-refractivity contribution in [2.24, 2.45) is 10.8 Å². The van der Waals surface area contributed by atoms with E-state index in [0.717, 1.165) is 29.7 Å². The number of rotatable bonds is 2. The van der Waals surface area contributed by atoms with Gasteiger partial charge in [-0.25, -0.2) is 4.79 Å². The van der Waals surface area contributed by atoms with Crippen LogP contribution in [0.4, 0.5) is 10.5 Å². The van der Waals surface area contributed by atoms with Crippen molar-refractivity contribution in [2.45, 2.75) is 39.2 Å². The molecule has 0 radical (unpaired) electrons. The Hall–Kier alpha value is -2.15. The molecule has 1 heterocycles. The second-order valence-corrected chi connectivity index (χ2v) is 6.76. The molecule has 0 unspecified atom stereocenters. The van der Waals surface area contributed by atoms with E-state index >= 15 is 0 Å². The van der Waals surface area contributed by atoms with Gasteiger partial charge in [-0.05, 0) is 51.4 Å². The number of anilines is 1. The maximum absolute atomic E-state index is 12.5. The fraction of sp³-hybridized carbons (Fsp3) is 0.438. The molecule has 0 aromatic heterocycles. The van der Waals surface area contributed by atoms with Crippen LogP contribution in [0.25, 0.3) is 0 Å². The van der Waals surface area contributed by atoms with E-state index in [0.29, 0.717) is 6.54 Å². The maximum Gasteiger partial charge on any atom is 0.414 e. The number of hydrogen-bond acceptors (Lipinski definition) is 4. The molecular weight excluding hydrogens is 312 g/mol. The molecular formula is C16H22N4O2S. The van der Waals surface area contributed by atoms with Crippen LogP contribution < -0.4 is 16.1 Å². The molecule has 23 heavy (non-hydrogen) atoms. The Balaban J connectivity index is 2.33. The topological polar surface area (TPSA) is 80.0 Å². The molecule has 0 saturated heterocycles. The van der Waals surface area contributed by atoms with E-state index in [1.54, 1.807) is 11.1 Å². The van der Waals surface area contributed by atoms with Gasteiger partial charge < -0.3 is 10.5 Å². The molecule has 3 N–H and O–H groups in total. The zero-order chi connectivity index (χ0) is 17.0. The number of nitrogens with zero attached hydrogens (tertiary/aromatic N) is 2. The third kappa shape index (κ3) is 4.66. The summed E-state index contributed by atoms with van der Waals surface area (Å²) in [6.07, 6.45) is 3.08. The zero-order valence-electron chi connectivity index (χ0n) is 13.6. The molecule has 1 amide bonds. The Kier molecular flexibility index (Phi) is 5.20. The number of para-hydroxylation sites is 1. The number of hydrogen-bond donors (Lipinski definition) is 2. The highest BCUT2D eigenvalue weighted by Crippen LogP contribution is 2.31. The molecule has 7 heteroatoms. The van der Waals surface area contributed by atoms with Crippen molar-refractivity contribution in [3.8, 4) is 0 Å². The number of amides is 1. The molecule has 0 aliphatic carbocycles. The monoisotopic (exact) mass is 334 g/mol. The number of benzene rings is 1. The highest BCUT2D eigenvalue weighted by molar-refractivity contribution is 7.80. The van der Waals surface area contributed by atoms with Crippen LogP contribution in [0.3, 0.4) is 0 Å². The van der Waals surface area contributed by atoms with E-state index in [-0.39, 0.29) is 11.2 Å². The minimum absolute atomic E-state index is 0.0926. The molecule has 124 valence electrons. The van der Waals surface area contributed by atoms with Crippen molar-refractivity contribution in [3.63, 3.8) is 0 Å². The lowest BCUT2D eigenvalue weighted by Crippen LogP contribution is -2.40. The van der Waals surface area contributed by atoms with E-state index in [2.05, 4.69) is 10.5 Å². The number of nitrogens with one attached hydrogen (secondary N) is 1. The van der Waals surface area contributed by atoms with Crippen molar-refractivity contribution in [3.05, 3.63) is 29.3 Å². The summed E-state index contributed by atoms with van der Waals surface area (Å²) in [4.78, 5) is 14.2. The van der Waals surface area contributed by atoms with Crippen molar-refractivity contribution in [1.82, 2.24) is 5.43 Å². The van der Waals surface area contributed by atoms with Crippen molar-refractivity contribution < 1.29 is 9.53 Å². The van der Waals surface area contributed by atoms with Gasteiger partial charge in [-0.15, -0.1) is 0 Å². The zero-order valence-corrected chi connectivity index (χ0v) is 14.4. The fourth-order valence-corrected chi connectivity index (χ4v) is 2.50. The summed E-state index contributed by atoms with van der Waals surface area (Å²) >= 11 is 4.72. The molecule has 0 atom stereocenters. The lowest BCUT2D eigenvalue weighted by molar-refractivity contribution is 0.0578. The van der Waals surface area contributed by atoms with Crippen molar-refractivity contribution in [1.29, 1.82) is 0 Å². The van der Waals surface area contributed by atoms with Crippen LogP contribution in [0.1, 0.15) is 38.3 Å².